The lowest BCUT2D eigenvalue weighted by atomic mass is 9.73. The van der Waals surface area contributed by atoms with Crippen LogP contribution in [0.5, 0.6) is 0 Å². The molecular weight excluding hydrogens is 260 g/mol. The lowest BCUT2D eigenvalue weighted by molar-refractivity contribution is 0.0895. The van der Waals surface area contributed by atoms with E-state index in [1.807, 2.05) is 0 Å². The van der Waals surface area contributed by atoms with E-state index in [4.69, 9.17) is 0 Å². The molecule has 0 aromatic carbocycles. The van der Waals surface area contributed by atoms with Crippen molar-refractivity contribution in [2.24, 2.45) is 23.7 Å². The predicted octanol–water partition coefficient (Wildman–Crippen LogP) is 2.74. The first-order valence-electron chi connectivity index (χ1n) is 9.14. The molecule has 0 radical (unpaired) electrons. The molecule has 3 nitrogen and oxygen atoms in total. The zero-order valence-corrected chi connectivity index (χ0v) is 14.4. The fraction of sp³-hybridized carbons (Fsp3) is 1.00. The van der Waals surface area contributed by atoms with Crippen LogP contribution in [-0.2, 0) is 0 Å². The fourth-order valence-corrected chi connectivity index (χ4v) is 4.55. The van der Waals surface area contributed by atoms with Crippen LogP contribution in [0.4, 0.5) is 0 Å². The molecule has 2 N–H and O–H groups in total. The van der Waals surface area contributed by atoms with Crippen molar-refractivity contribution in [1.29, 1.82) is 0 Å². The number of aliphatic hydroxyl groups is 1. The summed E-state index contributed by atoms with van der Waals surface area (Å²) in [5, 5.41) is 12.7. The summed E-state index contributed by atoms with van der Waals surface area (Å²) in [6.07, 6.45) is 7.75. The number of likely N-dealkylation sites (tertiary alicyclic amines) is 1. The Morgan fingerprint density at radius 2 is 2.05 bits per heavy atom. The Balaban J connectivity index is 1.88. The van der Waals surface area contributed by atoms with Crippen LogP contribution < -0.4 is 5.32 Å². The van der Waals surface area contributed by atoms with Gasteiger partial charge >= 0.3 is 0 Å². The van der Waals surface area contributed by atoms with Gasteiger partial charge in [-0.05, 0) is 75.8 Å². The molecule has 1 aliphatic carbocycles. The molecule has 0 aromatic rings. The van der Waals surface area contributed by atoms with Crippen molar-refractivity contribution in [2.75, 3.05) is 33.3 Å². The largest absolute Gasteiger partial charge is 0.396 e. The average molecular weight is 296 g/mol. The third kappa shape index (κ3) is 4.94. The van der Waals surface area contributed by atoms with E-state index < -0.39 is 0 Å². The molecular formula is C18H36N2O. The van der Waals surface area contributed by atoms with E-state index >= 15 is 0 Å². The molecule has 1 saturated heterocycles. The van der Waals surface area contributed by atoms with Gasteiger partial charge in [0.1, 0.15) is 0 Å². The van der Waals surface area contributed by atoms with Gasteiger partial charge in [0.05, 0.1) is 0 Å². The maximum absolute atomic E-state index is 9.17. The van der Waals surface area contributed by atoms with Gasteiger partial charge in [0.25, 0.3) is 0 Å². The minimum Gasteiger partial charge on any atom is -0.396 e. The minimum absolute atomic E-state index is 0.358. The molecule has 1 heterocycles. The molecule has 0 aromatic heterocycles. The molecule has 0 bridgehead atoms. The van der Waals surface area contributed by atoms with E-state index in [1.54, 1.807) is 0 Å². The number of nitrogens with one attached hydrogen (secondary N) is 1. The van der Waals surface area contributed by atoms with Crippen LogP contribution in [0.25, 0.3) is 0 Å². The molecule has 124 valence electrons. The summed E-state index contributed by atoms with van der Waals surface area (Å²) in [5.41, 5.74) is 0. The van der Waals surface area contributed by atoms with Gasteiger partial charge in [0.15, 0.2) is 0 Å². The standard InChI is InChI=1S/C18H36N2O/c1-14(2)16-6-7-18(19-3)17(11-16)13-20-9-4-5-15(12-20)8-10-21/h14-19,21H,4-13H2,1-3H3. The SMILES string of the molecule is CNC1CCC(C(C)C)CC1CN1CCCC(CCO)C1. The smallest absolute Gasteiger partial charge is 0.0434 e. The van der Waals surface area contributed by atoms with Crippen LogP contribution in [-0.4, -0.2) is 49.3 Å². The highest BCUT2D eigenvalue weighted by molar-refractivity contribution is 4.88. The summed E-state index contributed by atoms with van der Waals surface area (Å²) in [4.78, 5) is 2.68. The third-order valence-corrected chi connectivity index (χ3v) is 5.97. The fourth-order valence-electron chi connectivity index (χ4n) is 4.55. The zero-order chi connectivity index (χ0) is 15.2. The normalized spacial score (nSPS) is 35.3. The number of nitrogens with zero attached hydrogens (tertiary/aromatic N) is 1. The number of piperidine rings is 1. The molecule has 2 aliphatic rings. The number of aliphatic hydroxyl groups excluding tert-OH is 1. The number of hydrogen-bond acceptors (Lipinski definition) is 3. The first-order valence-corrected chi connectivity index (χ1v) is 9.14. The van der Waals surface area contributed by atoms with Gasteiger partial charge < -0.3 is 15.3 Å². The molecule has 1 saturated carbocycles. The van der Waals surface area contributed by atoms with Crippen LogP contribution in [0, 0.1) is 23.7 Å². The molecule has 21 heavy (non-hydrogen) atoms. The Hall–Kier alpha value is -0.120. The predicted molar refractivity (Wildman–Crippen MR) is 89.4 cm³/mol. The molecule has 2 rings (SSSR count). The van der Waals surface area contributed by atoms with E-state index in [2.05, 4.69) is 31.1 Å². The first kappa shape index (κ1) is 17.2. The molecule has 0 spiro atoms. The first-order chi connectivity index (χ1) is 10.1. The van der Waals surface area contributed by atoms with Crippen molar-refractivity contribution in [3.8, 4) is 0 Å². The zero-order valence-electron chi connectivity index (χ0n) is 14.4. The summed E-state index contributed by atoms with van der Waals surface area (Å²) in [5.74, 6) is 3.27. The third-order valence-electron chi connectivity index (χ3n) is 5.97. The van der Waals surface area contributed by atoms with Crippen LogP contribution in [0.2, 0.25) is 0 Å². The van der Waals surface area contributed by atoms with Crippen molar-refractivity contribution in [1.82, 2.24) is 10.2 Å². The Morgan fingerprint density at radius 1 is 1.24 bits per heavy atom. The Labute approximate surface area is 131 Å². The van der Waals surface area contributed by atoms with Gasteiger partial charge in [-0.1, -0.05) is 13.8 Å². The Kier molecular flexibility index (Phi) is 6.97. The second-order valence-corrected chi connectivity index (χ2v) is 7.75. The summed E-state index contributed by atoms with van der Waals surface area (Å²) >= 11 is 0. The van der Waals surface area contributed by atoms with E-state index in [9.17, 15) is 5.11 Å². The summed E-state index contributed by atoms with van der Waals surface area (Å²) in [7, 11) is 2.14. The molecule has 4 unspecified atom stereocenters. The van der Waals surface area contributed by atoms with Crippen molar-refractivity contribution in [3.05, 3.63) is 0 Å². The molecule has 2 fully saturated rings. The highest BCUT2D eigenvalue weighted by atomic mass is 16.3. The van der Waals surface area contributed by atoms with E-state index in [-0.39, 0.29) is 0 Å². The second kappa shape index (κ2) is 8.50. The summed E-state index contributed by atoms with van der Waals surface area (Å²) in [6.45, 7) is 8.87. The van der Waals surface area contributed by atoms with Gasteiger partial charge in [-0.15, -0.1) is 0 Å². The number of hydrogen-bond donors (Lipinski definition) is 2. The van der Waals surface area contributed by atoms with Gasteiger partial charge in [0.2, 0.25) is 0 Å². The Bertz CT molecular complexity index is 293. The van der Waals surface area contributed by atoms with Crippen LogP contribution in [0.3, 0.4) is 0 Å². The van der Waals surface area contributed by atoms with Crippen molar-refractivity contribution >= 4 is 0 Å². The molecule has 4 atom stereocenters. The number of rotatable bonds is 6. The van der Waals surface area contributed by atoms with Gasteiger partial charge in [-0.25, -0.2) is 0 Å². The summed E-state index contributed by atoms with van der Waals surface area (Å²) < 4.78 is 0. The van der Waals surface area contributed by atoms with Crippen LogP contribution in [0.15, 0.2) is 0 Å². The summed E-state index contributed by atoms with van der Waals surface area (Å²) in [6, 6.07) is 0.707. The van der Waals surface area contributed by atoms with Crippen LogP contribution >= 0.6 is 0 Å². The van der Waals surface area contributed by atoms with Crippen molar-refractivity contribution in [2.45, 2.75) is 58.4 Å². The monoisotopic (exact) mass is 296 g/mol. The highest BCUT2D eigenvalue weighted by Crippen LogP contribution is 2.35. The maximum Gasteiger partial charge on any atom is 0.0434 e. The van der Waals surface area contributed by atoms with Crippen molar-refractivity contribution < 1.29 is 5.11 Å². The lowest BCUT2D eigenvalue weighted by Crippen LogP contribution is -2.47. The van der Waals surface area contributed by atoms with E-state index in [0.717, 1.165) is 30.1 Å². The minimum atomic E-state index is 0.358. The van der Waals surface area contributed by atoms with Crippen LogP contribution in [0.1, 0.15) is 52.4 Å². The van der Waals surface area contributed by atoms with Gasteiger partial charge in [-0.3, -0.25) is 0 Å². The maximum atomic E-state index is 9.17. The van der Waals surface area contributed by atoms with E-state index in [1.165, 1.54) is 51.7 Å². The average Bonchev–Trinajstić information content (AvgIpc) is 2.48. The van der Waals surface area contributed by atoms with E-state index in [0.29, 0.717) is 12.6 Å². The molecule has 0 amide bonds. The van der Waals surface area contributed by atoms with Gasteiger partial charge in [-0.2, -0.15) is 0 Å². The molecule has 3 heteroatoms. The quantitative estimate of drug-likeness (QED) is 0.791. The highest BCUT2D eigenvalue weighted by Gasteiger charge is 2.33. The molecule has 1 aliphatic heterocycles. The Morgan fingerprint density at radius 3 is 2.71 bits per heavy atom. The van der Waals surface area contributed by atoms with Crippen molar-refractivity contribution in [3.63, 3.8) is 0 Å². The second-order valence-electron chi connectivity index (χ2n) is 7.75. The van der Waals surface area contributed by atoms with Gasteiger partial charge in [0, 0.05) is 25.7 Å². The topological polar surface area (TPSA) is 35.5 Å². The lowest BCUT2D eigenvalue weighted by Gasteiger charge is -2.42.